The van der Waals surface area contributed by atoms with Gasteiger partial charge in [-0.25, -0.2) is 0 Å². The highest BCUT2D eigenvalue weighted by Gasteiger charge is 1.93. The largest absolute Gasteiger partial charge is 0.345 e. The summed E-state index contributed by atoms with van der Waals surface area (Å²) in [6.45, 7) is 0. The maximum atomic E-state index is 9.93. The van der Waals surface area contributed by atoms with E-state index in [9.17, 15) is 9.13 Å². The van der Waals surface area contributed by atoms with Crippen molar-refractivity contribution in [3.8, 4) is 0 Å². The topological polar surface area (TPSA) is 86.6 Å². The lowest BCUT2D eigenvalue weighted by Gasteiger charge is -1.95. The fourth-order valence-electron chi connectivity index (χ4n) is 0.276. The second kappa shape index (κ2) is 5.15. The first kappa shape index (κ1) is 9.34. The third-order valence-electron chi connectivity index (χ3n) is 0.552. The van der Waals surface area contributed by atoms with Crippen molar-refractivity contribution in [2.45, 2.75) is 0 Å². The molecule has 0 aromatic heterocycles. The Kier molecular flexibility index (Phi) is 5.35. The van der Waals surface area contributed by atoms with Crippen LogP contribution in [0.4, 0.5) is 0 Å². The van der Waals surface area contributed by atoms with Gasteiger partial charge in [-0.1, -0.05) is 0 Å². The van der Waals surface area contributed by atoms with E-state index >= 15 is 0 Å². The van der Waals surface area contributed by atoms with Crippen LogP contribution in [-0.4, -0.2) is 22.4 Å². The summed E-state index contributed by atoms with van der Waals surface area (Å²) in [6, 6.07) is 0. The first-order valence-corrected chi connectivity index (χ1v) is 5.39. The van der Waals surface area contributed by atoms with Gasteiger partial charge in [-0.2, -0.15) is 0 Å². The molecule has 3 N–H and O–H groups in total. The second-order valence-corrected chi connectivity index (χ2v) is 3.67. The highest BCUT2D eigenvalue weighted by molar-refractivity contribution is 7.39. The van der Waals surface area contributed by atoms with Crippen LogP contribution in [0.1, 0.15) is 0 Å². The van der Waals surface area contributed by atoms with Crippen LogP contribution in [0.3, 0.4) is 0 Å². The average Bonchev–Trinajstić information content (AvgIpc) is 1.63. The first-order chi connectivity index (χ1) is 4.13. The first-order valence-electron chi connectivity index (χ1n) is 2.27. The number of nitrogens with one attached hydrogen (secondary N) is 1. The van der Waals surface area contributed by atoms with Gasteiger partial charge in [-0.3, -0.25) is 14.4 Å². The predicted octanol–water partition coefficient (Wildman–Crippen LogP) is -0.575. The molecule has 0 radical (unpaired) electrons. The maximum Gasteiger partial charge on any atom is 0.202 e. The van der Waals surface area contributed by atoms with Gasteiger partial charge in [0.2, 0.25) is 16.1 Å². The molecule has 2 unspecified atom stereocenters. The summed E-state index contributed by atoms with van der Waals surface area (Å²) in [5, 5.41) is 2.35. The zero-order chi connectivity index (χ0) is 7.28. The smallest absolute Gasteiger partial charge is 0.202 e. The Bertz CT molecular complexity index is 112. The van der Waals surface area contributed by atoms with Crippen LogP contribution in [0.5, 0.6) is 0 Å². The Morgan fingerprint density at radius 2 is 1.44 bits per heavy atom. The van der Waals surface area contributed by atoms with Gasteiger partial charge in [0, 0.05) is 0 Å². The average molecular weight is 173 g/mol. The maximum absolute atomic E-state index is 9.93. The van der Waals surface area contributed by atoms with Crippen molar-refractivity contribution in [1.82, 2.24) is 5.32 Å². The van der Waals surface area contributed by atoms with Gasteiger partial charge >= 0.3 is 0 Å². The van der Waals surface area contributed by atoms with Gasteiger partial charge in [0.1, 0.15) is 0 Å². The van der Waals surface area contributed by atoms with E-state index in [0.717, 1.165) is 0 Å². The minimum atomic E-state index is -2.53. The second-order valence-electron chi connectivity index (χ2n) is 1.39. The standard InChI is InChI=1S/C2H9NO4P2/c4-8(5)1-3-2-9(6)7/h3,8-9H,1-2H2,(H,4,5)(H,6,7). The molecule has 2 atom stereocenters. The Morgan fingerprint density at radius 3 is 1.67 bits per heavy atom. The quantitative estimate of drug-likeness (QED) is 0.495. The van der Waals surface area contributed by atoms with Crippen molar-refractivity contribution in [3.63, 3.8) is 0 Å². The molecule has 0 aliphatic carbocycles. The molecule has 7 heteroatoms. The number of hydrogen-bond acceptors (Lipinski definition) is 3. The Hall–Kier alpha value is 0.340. The van der Waals surface area contributed by atoms with Gasteiger partial charge in [0.25, 0.3) is 0 Å². The van der Waals surface area contributed by atoms with Crippen LogP contribution < -0.4 is 5.32 Å². The van der Waals surface area contributed by atoms with Crippen molar-refractivity contribution >= 4 is 16.1 Å². The van der Waals surface area contributed by atoms with Crippen LogP contribution in [0.15, 0.2) is 0 Å². The summed E-state index contributed by atoms with van der Waals surface area (Å²) >= 11 is 0. The zero-order valence-corrected chi connectivity index (χ0v) is 6.63. The van der Waals surface area contributed by atoms with Crippen molar-refractivity contribution in [2.24, 2.45) is 0 Å². The summed E-state index contributed by atoms with van der Waals surface area (Å²) in [7, 11) is -5.05. The van der Waals surface area contributed by atoms with E-state index in [-0.39, 0.29) is 12.6 Å². The molecule has 0 aliphatic heterocycles. The van der Waals surface area contributed by atoms with Gasteiger partial charge in [-0.15, -0.1) is 0 Å². The van der Waals surface area contributed by atoms with Crippen LogP contribution >= 0.6 is 16.1 Å². The van der Waals surface area contributed by atoms with Crippen molar-refractivity contribution in [1.29, 1.82) is 0 Å². The van der Waals surface area contributed by atoms with Crippen LogP contribution in [-0.2, 0) is 9.13 Å². The number of hydrogen-bond donors (Lipinski definition) is 3. The summed E-state index contributed by atoms with van der Waals surface area (Å²) in [4.78, 5) is 16.4. The number of rotatable bonds is 4. The van der Waals surface area contributed by atoms with E-state index in [1.807, 2.05) is 0 Å². The van der Waals surface area contributed by atoms with Crippen LogP contribution in [0, 0.1) is 0 Å². The highest BCUT2D eigenvalue weighted by Crippen LogP contribution is 2.12. The van der Waals surface area contributed by atoms with Crippen molar-refractivity contribution in [2.75, 3.05) is 12.6 Å². The summed E-state index contributed by atoms with van der Waals surface area (Å²) in [6.07, 6.45) is -0.163. The molecule has 0 spiro atoms. The molecule has 0 saturated carbocycles. The highest BCUT2D eigenvalue weighted by atomic mass is 31.1. The Labute approximate surface area is 53.8 Å². The molecule has 0 rings (SSSR count). The monoisotopic (exact) mass is 173 g/mol. The Balaban J connectivity index is 3.10. The fraction of sp³-hybridized carbons (Fsp3) is 1.00. The minimum absolute atomic E-state index is 0.0817. The van der Waals surface area contributed by atoms with E-state index in [1.54, 1.807) is 0 Å². The van der Waals surface area contributed by atoms with E-state index in [4.69, 9.17) is 9.79 Å². The third-order valence-corrected chi connectivity index (χ3v) is 1.66. The summed E-state index contributed by atoms with van der Waals surface area (Å²) in [5.74, 6) is 0. The van der Waals surface area contributed by atoms with E-state index in [1.165, 1.54) is 0 Å². The molecule has 9 heavy (non-hydrogen) atoms. The Morgan fingerprint density at radius 1 is 1.11 bits per heavy atom. The normalized spacial score (nSPS) is 17.1. The lowest BCUT2D eigenvalue weighted by molar-refractivity contribution is 0.491. The molecule has 5 nitrogen and oxygen atoms in total. The predicted molar refractivity (Wildman–Crippen MR) is 35.3 cm³/mol. The fourth-order valence-corrected chi connectivity index (χ4v) is 1.20. The van der Waals surface area contributed by atoms with E-state index in [2.05, 4.69) is 5.32 Å². The van der Waals surface area contributed by atoms with Crippen molar-refractivity contribution < 1.29 is 18.9 Å². The summed E-state index contributed by atoms with van der Waals surface area (Å²) in [5.41, 5.74) is 0. The van der Waals surface area contributed by atoms with Crippen LogP contribution in [0.25, 0.3) is 0 Å². The van der Waals surface area contributed by atoms with Gasteiger partial charge in [0.05, 0.1) is 12.6 Å². The van der Waals surface area contributed by atoms with Gasteiger partial charge in [-0.05, 0) is 0 Å². The molecule has 0 fully saturated rings. The van der Waals surface area contributed by atoms with Gasteiger partial charge < -0.3 is 9.79 Å². The minimum Gasteiger partial charge on any atom is -0.345 e. The lowest BCUT2D eigenvalue weighted by atomic mass is 11.2. The molecule has 56 valence electrons. The molecule has 0 heterocycles. The molecular weight excluding hydrogens is 164 g/mol. The van der Waals surface area contributed by atoms with E-state index < -0.39 is 16.1 Å². The molecule has 0 aromatic rings. The molecule has 0 aliphatic rings. The molecular formula is C2H9NO4P2. The van der Waals surface area contributed by atoms with E-state index in [0.29, 0.717) is 0 Å². The van der Waals surface area contributed by atoms with Crippen LogP contribution in [0.2, 0.25) is 0 Å². The molecule has 0 aromatic carbocycles. The zero-order valence-electron chi connectivity index (χ0n) is 4.63. The lowest BCUT2D eigenvalue weighted by Crippen LogP contribution is -2.10. The summed E-state index contributed by atoms with van der Waals surface area (Å²) < 4.78 is 19.9. The molecule has 0 amide bonds. The molecule has 0 saturated heterocycles. The van der Waals surface area contributed by atoms with Crippen molar-refractivity contribution in [3.05, 3.63) is 0 Å². The molecule has 0 bridgehead atoms. The third kappa shape index (κ3) is 8.34. The van der Waals surface area contributed by atoms with Gasteiger partial charge in [0.15, 0.2) is 0 Å². The SMILES string of the molecule is O=[PH](O)CNC[PH](=O)O.